The molecule has 0 spiro atoms. The highest BCUT2D eigenvalue weighted by molar-refractivity contribution is 8.18. The molecule has 7 heteroatoms. The molecular formula is C24H17ClFNO3S. The van der Waals surface area contributed by atoms with Crippen LogP contribution in [0.4, 0.5) is 9.18 Å². The number of hydrogen-bond donors (Lipinski definition) is 1. The van der Waals surface area contributed by atoms with Crippen LogP contribution in [0.15, 0.2) is 71.6 Å². The number of nitrogens with zero attached hydrogens (tertiary/aromatic N) is 1. The molecule has 2 amide bonds. The summed E-state index contributed by atoms with van der Waals surface area (Å²) in [4.78, 5) is 26.5. The number of halogens is 2. The Morgan fingerprint density at radius 2 is 1.77 bits per heavy atom. The molecule has 0 bridgehead atoms. The Morgan fingerprint density at radius 1 is 1.00 bits per heavy atom. The van der Waals surface area contributed by atoms with E-state index in [0.29, 0.717) is 17.5 Å². The van der Waals surface area contributed by atoms with Crippen molar-refractivity contribution in [2.75, 3.05) is 0 Å². The largest absolute Gasteiger partial charge is 0.507 e. The summed E-state index contributed by atoms with van der Waals surface area (Å²) >= 11 is 6.82. The van der Waals surface area contributed by atoms with Gasteiger partial charge in [-0.25, -0.2) is 4.39 Å². The zero-order valence-electron chi connectivity index (χ0n) is 16.2. The van der Waals surface area contributed by atoms with E-state index in [9.17, 15) is 19.1 Å². The standard InChI is InChI=1S/C24H17ClFNO3S/c25-20-13-19(26)8-7-17(20)14-27-23(29)22(31-24(27)30)12-18-11-16(6-9-21(18)28)10-15-4-2-1-3-5-15/h1-9,11-13,28H,10,14H2/b22-12-. The van der Waals surface area contributed by atoms with Crippen LogP contribution < -0.4 is 0 Å². The first-order valence-electron chi connectivity index (χ1n) is 9.46. The summed E-state index contributed by atoms with van der Waals surface area (Å²) in [6, 6.07) is 18.9. The van der Waals surface area contributed by atoms with E-state index < -0.39 is 17.0 Å². The maximum absolute atomic E-state index is 13.3. The van der Waals surface area contributed by atoms with E-state index in [4.69, 9.17) is 11.6 Å². The molecule has 3 aromatic carbocycles. The first-order chi connectivity index (χ1) is 14.9. The molecule has 4 nitrogen and oxygen atoms in total. The molecule has 1 heterocycles. The van der Waals surface area contributed by atoms with Crippen molar-refractivity contribution in [2.45, 2.75) is 13.0 Å². The summed E-state index contributed by atoms with van der Waals surface area (Å²) in [6.07, 6.45) is 2.19. The molecule has 1 fully saturated rings. The molecule has 156 valence electrons. The van der Waals surface area contributed by atoms with Crippen LogP contribution in [-0.4, -0.2) is 21.2 Å². The monoisotopic (exact) mass is 453 g/mol. The maximum Gasteiger partial charge on any atom is 0.293 e. The summed E-state index contributed by atoms with van der Waals surface area (Å²) in [5.74, 6) is -0.956. The van der Waals surface area contributed by atoms with Gasteiger partial charge in [-0.3, -0.25) is 14.5 Å². The van der Waals surface area contributed by atoms with Gasteiger partial charge in [0.15, 0.2) is 0 Å². The molecule has 0 radical (unpaired) electrons. The molecule has 4 rings (SSSR count). The van der Waals surface area contributed by atoms with Crippen molar-refractivity contribution in [1.29, 1.82) is 0 Å². The van der Waals surface area contributed by atoms with Crippen LogP contribution in [0.5, 0.6) is 5.75 Å². The Bertz CT molecular complexity index is 1200. The minimum Gasteiger partial charge on any atom is -0.507 e. The van der Waals surface area contributed by atoms with Gasteiger partial charge in [-0.1, -0.05) is 54.1 Å². The lowest BCUT2D eigenvalue weighted by Gasteiger charge is -2.13. The third-order valence-electron chi connectivity index (χ3n) is 4.85. The number of amides is 2. The quantitative estimate of drug-likeness (QED) is 0.480. The van der Waals surface area contributed by atoms with Crippen LogP contribution in [0.2, 0.25) is 5.02 Å². The lowest BCUT2D eigenvalue weighted by atomic mass is 10.0. The molecule has 1 aliphatic rings. The summed E-state index contributed by atoms with van der Waals surface area (Å²) in [5.41, 5.74) is 3.02. The first kappa shape index (κ1) is 21.2. The van der Waals surface area contributed by atoms with Crippen molar-refractivity contribution in [3.05, 3.63) is 105 Å². The van der Waals surface area contributed by atoms with Gasteiger partial charge in [-0.15, -0.1) is 0 Å². The number of phenols is 1. The molecule has 1 N–H and O–H groups in total. The predicted molar refractivity (Wildman–Crippen MR) is 120 cm³/mol. The Hall–Kier alpha value is -3.09. The normalized spacial score (nSPS) is 15.2. The van der Waals surface area contributed by atoms with Crippen molar-refractivity contribution in [3.8, 4) is 5.75 Å². The topological polar surface area (TPSA) is 57.6 Å². The minimum atomic E-state index is -0.492. The van der Waals surface area contributed by atoms with Crippen LogP contribution in [0.25, 0.3) is 6.08 Å². The predicted octanol–water partition coefficient (Wildman–Crippen LogP) is 6.01. The zero-order chi connectivity index (χ0) is 22.0. The summed E-state index contributed by atoms with van der Waals surface area (Å²) < 4.78 is 13.3. The van der Waals surface area contributed by atoms with E-state index in [1.807, 2.05) is 36.4 Å². The van der Waals surface area contributed by atoms with Crippen molar-refractivity contribution in [1.82, 2.24) is 4.90 Å². The Labute approximate surface area is 188 Å². The van der Waals surface area contributed by atoms with Crippen LogP contribution in [0.1, 0.15) is 22.3 Å². The summed E-state index contributed by atoms with van der Waals surface area (Å²) in [5, 5.41) is 9.96. The van der Waals surface area contributed by atoms with Gasteiger partial charge in [0, 0.05) is 10.6 Å². The highest BCUT2D eigenvalue weighted by atomic mass is 35.5. The molecule has 0 aliphatic carbocycles. The van der Waals surface area contributed by atoms with Crippen molar-refractivity contribution < 1.29 is 19.1 Å². The number of phenolic OH excluding ortho intramolecular Hbond substituents is 1. The van der Waals surface area contributed by atoms with Gasteiger partial charge in [-0.05, 0) is 65.2 Å². The number of carbonyl (C=O) groups is 2. The molecule has 0 aromatic heterocycles. The number of aromatic hydroxyl groups is 1. The Morgan fingerprint density at radius 3 is 2.52 bits per heavy atom. The highest BCUT2D eigenvalue weighted by Crippen LogP contribution is 2.35. The molecule has 1 aliphatic heterocycles. The van der Waals surface area contributed by atoms with Crippen molar-refractivity contribution >= 4 is 40.6 Å². The van der Waals surface area contributed by atoms with E-state index in [0.717, 1.165) is 33.9 Å². The fraction of sp³-hybridized carbons (Fsp3) is 0.0833. The van der Waals surface area contributed by atoms with Gasteiger partial charge in [0.25, 0.3) is 11.1 Å². The van der Waals surface area contributed by atoms with Crippen LogP contribution in [0, 0.1) is 5.82 Å². The Kier molecular flexibility index (Phi) is 6.11. The summed E-state index contributed by atoms with van der Waals surface area (Å²) in [6.45, 7) is -0.0544. The van der Waals surface area contributed by atoms with Gasteiger partial charge in [0.1, 0.15) is 11.6 Å². The molecule has 0 saturated carbocycles. The van der Waals surface area contributed by atoms with E-state index in [1.165, 1.54) is 18.2 Å². The maximum atomic E-state index is 13.3. The molecular weight excluding hydrogens is 437 g/mol. The first-order valence-corrected chi connectivity index (χ1v) is 10.7. The van der Waals surface area contributed by atoms with E-state index in [-0.39, 0.29) is 22.2 Å². The number of hydrogen-bond acceptors (Lipinski definition) is 4. The van der Waals surface area contributed by atoms with Crippen LogP contribution in [0.3, 0.4) is 0 Å². The second kappa shape index (κ2) is 8.96. The summed E-state index contributed by atoms with van der Waals surface area (Å²) in [7, 11) is 0. The van der Waals surface area contributed by atoms with Crippen molar-refractivity contribution in [3.63, 3.8) is 0 Å². The second-order valence-corrected chi connectivity index (χ2v) is 8.46. The number of benzene rings is 3. The molecule has 31 heavy (non-hydrogen) atoms. The fourth-order valence-electron chi connectivity index (χ4n) is 3.26. The fourth-order valence-corrected chi connectivity index (χ4v) is 4.32. The van der Waals surface area contributed by atoms with Gasteiger partial charge in [0.05, 0.1) is 11.4 Å². The smallest absolute Gasteiger partial charge is 0.293 e. The molecule has 3 aromatic rings. The average Bonchev–Trinajstić information content (AvgIpc) is 3.00. The number of thioether (sulfide) groups is 1. The lowest BCUT2D eigenvalue weighted by molar-refractivity contribution is -0.123. The molecule has 0 atom stereocenters. The minimum absolute atomic E-state index is 0.0187. The third kappa shape index (κ3) is 4.81. The van der Waals surface area contributed by atoms with E-state index >= 15 is 0 Å². The lowest BCUT2D eigenvalue weighted by Crippen LogP contribution is -2.27. The van der Waals surface area contributed by atoms with Gasteiger partial charge < -0.3 is 5.11 Å². The number of rotatable bonds is 5. The van der Waals surface area contributed by atoms with Crippen molar-refractivity contribution in [2.24, 2.45) is 0 Å². The molecule has 1 saturated heterocycles. The van der Waals surface area contributed by atoms with Gasteiger partial charge in [0.2, 0.25) is 0 Å². The van der Waals surface area contributed by atoms with Gasteiger partial charge >= 0.3 is 0 Å². The highest BCUT2D eigenvalue weighted by Gasteiger charge is 2.35. The van der Waals surface area contributed by atoms with Crippen LogP contribution in [-0.2, 0) is 17.8 Å². The average molecular weight is 454 g/mol. The Balaban J connectivity index is 1.57. The van der Waals surface area contributed by atoms with Gasteiger partial charge in [-0.2, -0.15) is 0 Å². The molecule has 0 unspecified atom stereocenters. The second-order valence-electron chi connectivity index (χ2n) is 7.06. The number of imide groups is 1. The van der Waals surface area contributed by atoms with Crippen LogP contribution >= 0.6 is 23.4 Å². The number of carbonyl (C=O) groups excluding carboxylic acids is 2. The SMILES string of the molecule is O=C1S/C(=C\c2cc(Cc3ccccc3)ccc2O)C(=O)N1Cc1ccc(F)cc1Cl. The van der Waals surface area contributed by atoms with E-state index in [2.05, 4.69) is 0 Å². The third-order valence-corrected chi connectivity index (χ3v) is 6.11. The zero-order valence-corrected chi connectivity index (χ0v) is 17.8. The van der Waals surface area contributed by atoms with E-state index in [1.54, 1.807) is 12.1 Å².